The van der Waals surface area contributed by atoms with Crippen molar-refractivity contribution in [2.24, 2.45) is 0 Å². The van der Waals surface area contributed by atoms with Crippen LogP contribution in [0.1, 0.15) is 38.9 Å². The Morgan fingerprint density at radius 2 is 0.291 bits per heavy atom. The number of rotatable bonds is 9. The molecule has 16 rings (SSSR count). The van der Waals surface area contributed by atoms with Crippen molar-refractivity contribution in [2.45, 2.75) is 48.5 Å². The van der Waals surface area contributed by atoms with E-state index in [0.29, 0.717) is 0 Å². The first kappa shape index (κ1) is 73.2. The maximum absolute atomic E-state index is 2.25. The smallest absolute Gasteiger partial charge is 0.0105 e. The largest absolute Gasteiger partial charge is 0.0622 e. The summed E-state index contributed by atoms with van der Waals surface area (Å²) in [5.41, 5.74) is 32.1. The van der Waals surface area contributed by atoms with Gasteiger partial charge in [0.25, 0.3) is 0 Å². The van der Waals surface area contributed by atoms with E-state index in [1.807, 2.05) is 48.5 Å². The van der Waals surface area contributed by atoms with Gasteiger partial charge in [-0.2, -0.15) is 0 Å². The highest BCUT2D eigenvalue weighted by molar-refractivity contribution is 5.83. The summed E-state index contributed by atoms with van der Waals surface area (Å²) in [6.07, 6.45) is 0. The Labute approximate surface area is 614 Å². The van der Waals surface area contributed by atoms with Crippen molar-refractivity contribution in [2.75, 3.05) is 0 Å². The van der Waals surface area contributed by atoms with Crippen molar-refractivity contribution in [1.29, 1.82) is 0 Å². The molecule has 0 saturated carbocycles. The molecule has 16 aromatic carbocycles. The number of hydrogen-bond donors (Lipinski definition) is 0. The molecule has 0 spiro atoms. The molecular formula is C103H92. The highest BCUT2D eigenvalue weighted by Gasteiger charge is 2.08. The summed E-state index contributed by atoms with van der Waals surface area (Å²) in [6, 6.07) is 151. The molecule has 103 heavy (non-hydrogen) atoms. The molecule has 0 unspecified atom stereocenters. The molecule has 0 heteroatoms. The third-order valence-electron chi connectivity index (χ3n) is 17.6. The molecule has 0 fully saturated rings. The second-order valence-corrected chi connectivity index (χ2v) is 25.7. The summed E-state index contributed by atoms with van der Waals surface area (Å²) in [5.74, 6) is 0. The lowest BCUT2D eigenvalue weighted by Crippen LogP contribution is -1.84. The molecule has 0 saturated heterocycles. The summed E-state index contributed by atoms with van der Waals surface area (Å²) in [6.45, 7) is 14.8. The van der Waals surface area contributed by atoms with E-state index < -0.39 is 0 Å². The average molecular weight is 1330 g/mol. The van der Waals surface area contributed by atoms with E-state index in [4.69, 9.17) is 0 Å². The molecule has 0 bridgehead atoms. The van der Waals surface area contributed by atoms with E-state index >= 15 is 0 Å². The van der Waals surface area contributed by atoms with Gasteiger partial charge in [-0.05, 0) is 160 Å². The van der Waals surface area contributed by atoms with E-state index in [9.17, 15) is 0 Å². The van der Waals surface area contributed by atoms with Crippen molar-refractivity contribution in [3.63, 3.8) is 0 Å². The molecule has 504 valence electrons. The fraction of sp³-hybridized carbons (Fsp3) is 0.0680. The molecule has 0 atom stereocenters. The topological polar surface area (TPSA) is 0 Å². The highest BCUT2D eigenvalue weighted by Crippen LogP contribution is 2.33. The fourth-order valence-corrected chi connectivity index (χ4v) is 11.7. The number of aryl methyl sites for hydroxylation is 7. The van der Waals surface area contributed by atoms with E-state index in [1.54, 1.807) is 0 Å². The van der Waals surface area contributed by atoms with Gasteiger partial charge in [0, 0.05) is 0 Å². The van der Waals surface area contributed by atoms with Crippen LogP contribution in [0.15, 0.2) is 431 Å². The van der Waals surface area contributed by atoms with Gasteiger partial charge in [-0.3, -0.25) is 0 Å². The van der Waals surface area contributed by atoms with Crippen molar-refractivity contribution in [1.82, 2.24) is 0 Å². The molecule has 0 amide bonds. The Hall–Kier alpha value is -12.5. The minimum Gasteiger partial charge on any atom is -0.0622 e. The number of benzene rings is 16. The van der Waals surface area contributed by atoms with Gasteiger partial charge in [-0.25, -0.2) is 0 Å². The Morgan fingerprint density at radius 3 is 0.602 bits per heavy atom. The lowest BCUT2D eigenvalue weighted by molar-refractivity contribution is 1.46. The van der Waals surface area contributed by atoms with Gasteiger partial charge in [-0.15, -0.1) is 0 Å². The Morgan fingerprint density at radius 1 is 0.107 bits per heavy atom. The van der Waals surface area contributed by atoms with E-state index in [-0.39, 0.29) is 0 Å². The fourth-order valence-electron chi connectivity index (χ4n) is 11.7. The van der Waals surface area contributed by atoms with E-state index in [1.165, 1.54) is 139 Å². The first-order valence-corrected chi connectivity index (χ1v) is 35.5. The van der Waals surface area contributed by atoms with Crippen molar-refractivity contribution < 1.29 is 0 Å². The summed E-state index contributed by atoms with van der Waals surface area (Å²) in [5, 5.41) is 0. The van der Waals surface area contributed by atoms with Crippen LogP contribution in [-0.2, 0) is 0 Å². The molecule has 0 aliphatic carbocycles. The van der Waals surface area contributed by atoms with Crippen LogP contribution in [0.2, 0.25) is 0 Å². The lowest BCUT2D eigenvalue weighted by atomic mass is 9.94. The Kier molecular flexibility index (Phi) is 28.0. The van der Waals surface area contributed by atoms with Gasteiger partial charge in [-0.1, -0.05) is 458 Å². The molecule has 0 N–H and O–H groups in total. The third-order valence-corrected chi connectivity index (χ3v) is 17.6. The van der Waals surface area contributed by atoms with Crippen LogP contribution < -0.4 is 0 Å². The van der Waals surface area contributed by atoms with Crippen LogP contribution in [0.25, 0.3) is 100 Å². The van der Waals surface area contributed by atoms with E-state index in [2.05, 4.69) is 431 Å². The zero-order valence-corrected chi connectivity index (χ0v) is 60.5. The molecule has 0 aliphatic heterocycles. The zero-order valence-electron chi connectivity index (χ0n) is 60.5. The average Bonchev–Trinajstić information content (AvgIpc) is 0.830. The maximum Gasteiger partial charge on any atom is -0.0105 e. The minimum atomic E-state index is 1.26. The van der Waals surface area contributed by atoms with Gasteiger partial charge in [0.05, 0.1) is 0 Å². The summed E-state index contributed by atoms with van der Waals surface area (Å²) >= 11 is 0. The molecule has 16 aromatic rings. The Bertz CT molecular complexity index is 5030. The Balaban J connectivity index is 0.000000131. The van der Waals surface area contributed by atoms with Gasteiger partial charge in [0.2, 0.25) is 0 Å². The predicted molar refractivity (Wildman–Crippen MR) is 447 cm³/mol. The predicted octanol–water partition coefficient (Wildman–Crippen LogP) is 29.0. The first-order valence-electron chi connectivity index (χ1n) is 35.5. The van der Waals surface area contributed by atoms with Crippen LogP contribution >= 0.6 is 0 Å². The summed E-state index contributed by atoms with van der Waals surface area (Å²) < 4.78 is 0. The molecule has 0 aliphatic rings. The molecule has 0 radical (unpaired) electrons. The van der Waals surface area contributed by atoms with Crippen LogP contribution in [0.5, 0.6) is 0 Å². The standard InChI is InChI=1S/3C19H16.3C13H12.C7H8/c1-15-11-13-17(14-12-15)19-10-6-5-9-18(19)16-7-3-2-4-8-16;1-15-10-12-17(13-11-15)19-9-5-8-18(14-19)16-6-3-2-4-7-16;1-15-7-9-17(10-8-15)19-13-11-18(12-14-19)16-5-3-2-4-6-16;1-11-7-5-6-10-13(11)12-8-3-2-4-9-12;1-11-6-5-9-13(10-11)12-7-3-2-4-8-12;1-11-7-9-13(10-8-11)12-5-3-2-4-6-12;1-7-5-3-2-4-6-7/h3*2-14H,1H3;3*2-10H,1H3;2-6H,1H3. The van der Waals surface area contributed by atoms with E-state index in [0.717, 1.165) is 0 Å². The quantitative estimate of drug-likeness (QED) is 0.135. The molecule has 0 aromatic heterocycles. The normalized spacial score (nSPS) is 10.1. The lowest BCUT2D eigenvalue weighted by Gasteiger charge is -2.10. The minimum absolute atomic E-state index is 1.26. The van der Waals surface area contributed by atoms with Gasteiger partial charge in [0.1, 0.15) is 0 Å². The summed E-state index contributed by atoms with van der Waals surface area (Å²) in [4.78, 5) is 0. The first-order chi connectivity index (χ1) is 50.5. The van der Waals surface area contributed by atoms with Crippen molar-refractivity contribution in [3.05, 3.63) is 470 Å². The second-order valence-electron chi connectivity index (χ2n) is 25.7. The zero-order chi connectivity index (χ0) is 71.6. The van der Waals surface area contributed by atoms with Crippen LogP contribution in [0.4, 0.5) is 0 Å². The molecule has 0 nitrogen and oxygen atoms in total. The van der Waals surface area contributed by atoms with Gasteiger partial charge in [0.15, 0.2) is 0 Å². The van der Waals surface area contributed by atoms with Crippen LogP contribution in [0.3, 0.4) is 0 Å². The van der Waals surface area contributed by atoms with Gasteiger partial charge < -0.3 is 0 Å². The monoisotopic (exact) mass is 1330 g/mol. The van der Waals surface area contributed by atoms with Crippen LogP contribution in [0, 0.1) is 48.5 Å². The second kappa shape index (κ2) is 39.3. The summed E-state index contributed by atoms with van der Waals surface area (Å²) in [7, 11) is 0. The molecular weight excluding hydrogens is 1240 g/mol. The SMILES string of the molecule is Cc1ccc(-c2ccc(-c3ccccc3)cc2)cc1.Cc1ccc(-c2cccc(-c3ccccc3)c2)cc1.Cc1ccc(-c2ccccc2)cc1.Cc1ccc(-c2ccccc2-c2ccccc2)cc1.Cc1cccc(-c2ccccc2)c1.Cc1ccccc1.Cc1ccccc1-c1ccccc1. The van der Waals surface area contributed by atoms with Crippen molar-refractivity contribution >= 4 is 0 Å². The third kappa shape index (κ3) is 23.3. The van der Waals surface area contributed by atoms with Gasteiger partial charge >= 0.3 is 0 Å². The molecule has 0 heterocycles. The van der Waals surface area contributed by atoms with Crippen LogP contribution in [-0.4, -0.2) is 0 Å². The number of hydrogen-bond acceptors (Lipinski definition) is 0. The van der Waals surface area contributed by atoms with Crippen molar-refractivity contribution in [3.8, 4) is 100 Å². The maximum atomic E-state index is 2.25. The highest BCUT2D eigenvalue weighted by atomic mass is 14.1.